The quantitative estimate of drug-likeness (QED) is 0.553. The van der Waals surface area contributed by atoms with Gasteiger partial charge in [0.25, 0.3) is 11.8 Å². The molecule has 0 aliphatic heterocycles. The van der Waals surface area contributed by atoms with Crippen LogP contribution in [-0.4, -0.2) is 32.5 Å². The molecule has 0 aliphatic rings. The maximum absolute atomic E-state index is 12.4. The van der Waals surface area contributed by atoms with E-state index in [1.165, 1.54) is 0 Å². The van der Waals surface area contributed by atoms with Gasteiger partial charge in [-0.05, 0) is 50.6 Å². The van der Waals surface area contributed by atoms with Crippen molar-refractivity contribution >= 4 is 11.9 Å². The molecule has 0 spiro atoms. The molecule has 0 unspecified atom stereocenters. The lowest BCUT2D eigenvalue weighted by molar-refractivity contribution is 0.102. The average Bonchev–Trinajstić information content (AvgIpc) is 3.35. The molecule has 0 saturated carbocycles. The van der Waals surface area contributed by atoms with Gasteiger partial charge in [0, 0.05) is 17.8 Å². The lowest BCUT2D eigenvalue weighted by atomic mass is 10.2. The Morgan fingerprint density at radius 2 is 1.96 bits per heavy atom. The number of nitrogens with one attached hydrogen (secondary N) is 1. The zero-order valence-electron chi connectivity index (χ0n) is 16.4. The normalized spacial score (nSPS) is 11.0. The molecule has 0 atom stereocenters. The number of anilines is 1. The predicted molar refractivity (Wildman–Crippen MR) is 105 cm³/mol. The number of ether oxygens (including phenoxy) is 1. The van der Waals surface area contributed by atoms with Crippen LogP contribution in [0.2, 0.25) is 0 Å². The fourth-order valence-electron chi connectivity index (χ4n) is 2.53. The van der Waals surface area contributed by atoms with Gasteiger partial charge in [0.1, 0.15) is 11.4 Å². The summed E-state index contributed by atoms with van der Waals surface area (Å²) >= 11 is 0. The van der Waals surface area contributed by atoms with E-state index in [0.29, 0.717) is 17.9 Å². The van der Waals surface area contributed by atoms with E-state index in [1.807, 2.05) is 20.0 Å². The maximum atomic E-state index is 12.4. The molecule has 8 nitrogen and oxygen atoms in total. The maximum Gasteiger partial charge on any atom is 0.322 e. The first-order valence-corrected chi connectivity index (χ1v) is 9.50. The molecule has 3 aromatic rings. The highest BCUT2D eigenvalue weighted by Crippen LogP contribution is 2.20. The summed E-state index contributed by atoms with van der Waals surface area (Å²) in [5.74, 6) is 0.666. The van der Waals surface area contributed by atoms with Crippen LogP contribution in [0, 0.1) is 0 Å². The van der Waals surface area contributed by atoms with E-state index in [1.54, 1.807) is 35.0 Å². The largest absolute Gasteiger partial charge is 0.494 e. The first kappa shape index (κ1) is 19.6. The molecule has 1 aromatic carbocycles. The molecule has 3 rings (SSSR count). The summed E-state index contributed by atoms with van der Waals surface area (Å²) in [6, 6.07) is 9.00. The standard InChI is InChI=1S/C20H25N5O3/c1-4-5-6-13-27-16-9-7-15(8-10-16)18(26)21-20-23-22-19(28-20)17-11-12-25(24-17)14(2)3/h7-12,14H,4-6,13H2,1-3H3,(H,21,23,26). The molecule has 0 saturated heterocycles. The van der Waals surface area contributed by atoms with Gasteiger partial charge < -0.3 is 9.15 Å². The van der Waals surface area contributed by atoms with Gasteiger partial charge in [0.15, 0.2) is 0 Å². The lowest BCUT2D eigenvalue weighted by Crippen LogP contribution is -2.12. The molecule has 0 aliphatic carbocycles. The second-order valence-corrected chi connectivity index (χ2v) is 6.72. The fraction of sp³-hybridized carbons (Fsp3) is 0.400. The minimum atomic E-state index is -0.333. The topological polar surface area (TPSA) is 95.1 Å². The monoisotopic (exact) mass is 383 g/mol. The summed E-state index contributed by atoms with van der Waals surface area (Å²) in [6.45, 7) is 6.88. The zero-order chi connectivity index (χ0) is 19.9. The molecule has 8 heteroatoms. The highest BCUT2D eigenvalue weighted by Gasteiger charge is 2.15. The number of hydrogen-bond acceptors (Lipinski definition) is 6. The molecule has 2 heterocycles. The average molecular weight is 383 g/mol. The highest BCUT2D eigenvalue weighted by molar-refractivity contribution is 6.03. The van der Waals surface area contributed by atoms with E-state index < -0.39 is 0 Å². The second-order valence-electron chi connectivity index (χ2n) is 6.72. The van der Waals surface area contributed by atoms with E-state index in [9.17, 15) is 4.79 Å². The third kappa shape index (κ3) is 4.97. The third-order valence-corrected chi connectivity index (χ3v) is 4.14. The van der Waals surface area contributed by atoms with Crippen LogP contribution in [0.25, 0.3) is 11.6 Å². The van der Waals surface area contributed by atoms with Crippen molar-refractivity contribution in [1.29, 1.82) is 0 Å². The van der Waals surface area contributed by atoms with Crippen molar-refractivity contribution < 1.29 is 13.9 Å². The second kappa shape index (κ2) is 9.16. The number of carbonyl (C=O) groups is 1. The van der Waals surface area contributed by atoms with Gasteiger partial charge in [-0.25, -0.2) is 0 Å². The number of carbonyl (C=O) groups excluding carboxylic acids is 1. The summed E-state index contributed by atoms with van der Waals surface area (Å²) in [5.41, 5.74) is 1.04. The molecule has 0 fully saturated rings. The van der Waals surface area contributed by atoms with Crippen molar-refractivity contribution in [2.24, 2.45) is 0 Å². The minimum absolute atomic E-state index is 0.0268. The van der Waals surface area contributed by atoms with Crippen LogP contribution >= 0.6 is 0 Å². The summed E-state index contributed by atoms with van der Waals surface area (Å²) in [7, 11) is 0. The molecule has 28 heavy (non-hydrogen) atoms. The van der Waals surface area contributed by atoms with Crippen LogP contribution in [-0.2, 0) is 0 Å². The highest BCUT2D eigenvalue weighted by atomic mass is 16.5. The van der Waals surface area contributed by atoms with E-state index in [4.69, 9.17) is 9.15 Å². The molecule has 1 amide bonds. The Bertz CT molecular complexity index is 899. The van der Waals surface area contributed by atoms with Gasteiger partial charge >= 0.3 is 6.01 Å². The van der Waals surface area contributed by atoms with Crippen molar-refractivity contribution in [2.75, 3.05) is 11.9 Å². The van der Waals surface area contributed by atoms with Crippen LogP contribution in [0.5, 0.6) is 5.75 Å². The van der Waals surface area contributed by atoms with E-state index >= 15 is 0 Å². The number of nitrogens with zero attached hydrogens (tertiary/aromatic N) is 4. The first-order chi connectivity index (χ1) is 13.6. The Hall–Kier alpha value is -3.16. The van der Waals surface area contributed by atoms with Gasteiger partial charge in [0.05, 0.1) is 6.61 Å². The molecule has 0 radical (unpaired) electrons. The van der Waals surface area contributed by atoms with Crippen molar-refractivity contribution in [2.45, 2.75) is 46.1 Å². The summed E-state index contributed by atoms with van der Waals surface area (Å²) < 4.78 is 12.9. The van der Waals surface area contributed by atoms with Gasteiger partial charge in [0.2, 0.25) is 0 Å². The van der Waals surface area contributed by atoms with E-state index in [0.717, 1.165) is 25.0 Å². The minimum Gasteiger partial charge on any atom is -0.494 e. The smallest absolute Gasteiger partial charge is 0.322 e. The van der Waals surface area contributed by atoms with Crippen molar-refractivity contribution in [3.05, 3.63) is 42.1 Å². The fourth-order valence-corrected chi connectivity index (χ4v) is 2.53. The summed E-state index contributed by atoms with van der Waals surface area (Å²) in [6.07, 6.45) is 5.16. The number of amides is 1. The van der Waals surface area contributed by atoms with Crippen molar-refractivity contribution in [3.8, 4) is 17.3 Å². The summed E-state index contributed by atoms with van der Waals surface area (Å²) in [5, 5.41) is 14.8. The number of hydrogen-bond donors (Lipinski definition) is 1. The van der Waals surface area contributed by atoms with E-state index in [-0.39, 0.29) is 23.9 Å². The Kier molecular flexibility index (Phi) is 6.41. The molecule has 2 aromatic heterocycles. The van der Waals surface area contributed by atoms with E-state index in [2.05, 4.69) is 27.5 Å². The van der Waals surface area contributed by atoms with Crippen molar-refractivity contribution in [3.63, 3.8) is 0 Å². The zero-order valence-corrected chi connectivity index (χ0v) is 16.4. The Morgan fingerprint density at radius 3 is 2.64 bits per heavy atom. The number of aromatic nitrogens is 4. The van der Waals surface area contributed by atoms with Crippen LogP contribution in [0.4, 0.5) is 6.01 Å². The molecule has 1 N–H and O–H groups in total. The number of rotatable bonds is 9. The van der Waals surface area contributed by atoms with Crippen molar-refractivity contribution in [1.82, 2.24) is 20.0 Å². The van der Waals surface area contributed by atoms with Crippen LogP contribution in [0.3, 0.4) is 0 Å². The molecular formula is C20H25N5O3. The molecule has 148 valence electrons. The molecular weight excluding hydrogens is 358 g/mol. The van der Waals surface area contributed by atoms with Crippen LogP contribution in [0.15, 0.2) is 40.9 Å². The van der Waals surface area contributed by atoms with Gasteiger partial charge in [-0.1, -0.05) is 24.9 Å². The lowest BCUT2D eigenvalue weighted by Gasteiger charge is -2.06. The Balaban J connectivity index is 1.58. The molecule has 0 bridgehead atoms. The van der Waals surface area contributed by atoms with Crippen LogP contribution in [0.1, 0.15) is 56.4 Å². The first-order valence-electron chi connectivity index (χ1n) is 9.50. The SMILES string of the molecule is CCCCCOc1ccc(C(=O)Nc2nnc(-c3ccn(C(C)C)n3)o2)cc1. The summed E-state index contributed by atoms with van der Waals surface area (Å²) in [4.78, 5) is 12.4. The van der Waals surface area contributed by atoms with Gasteiger partial charge in [-0.2, -0.15) is 5.10 Å². The van der Waals surface area contributed by atoms with Gasteiger partial charge in [-0.3, -0.25) is 14.8 Å². The van der Waals surface area contributed by atoms with Crippen LogP contribution < -0.4 is 10.1 Å². The Labute approximate surface area is 163 Å². The third-order valence-electron chi connectivity index (χ3n) is 4.14. The Morgan fingerprint density at radius 1 is 1.18 bits per heavy atom. The number of benzene rings is 1. The van der Waals surface area contributed by atoms with Gasteiger partial charge in [-0.15, -0.1) is 5.10 Å². The predicted octanol–water partition coefficient (Wildman–Crippen LogP) is 4.34. The number of unbranched alkanes of at least 4 members (excludes halogenated alkanes) is 2.